The van der Waals surface area contributed by atoms with Crippen molar-refractivity contribution in [3.8, 4) is 6.07 Å². The van der Waals surface area contributed by atoms with E-state index >= 15 is 0 Å². The standard InChI is InChI=1S/C2H3N.H2O.H3P/c1-2-3;;/h1H3;1H2;1H3. The normalized spacial score (nSPS) is 1.60. The molecule has 0 aromatic heterocycles. The Balaban J connectivity index is -0.0000000200. The van der Waals surface area contributed by atoms with E-state index < -0.39 is 0 Å². The second-order valence-corrected chi connectivity index (χ2v) is 0.224. The summed E-state index contributed by atoms with van der Waals surface area (Å²) in [5, 5.41) is 7.32. The molecule has 0 fully saturated rings. The van der Waals surface area contributed by atoms with Crippen molar-refractivity contribution in [3.63, 3.8) is 0 Å². The van der Waals surface area contributed by atoms with Gasteiger partial charge in [-0.15, -0.1) is 0 Å². The van der Waals surface area contributed by atoms with Crippen molar-refractivity contribution in [2.75, 3.05) is 0 Å². The third-order valence-corrected chi connectivity index (χ3v) is 0. The minimum Gasteiger partial charge on any atom is -0.412 e. The fourth-order valence-electron chi connectivity index (χ4n) is 0. The minimum atomic E-state index is 0. The Morgan fingerprint density at radius 2 is 1.60 bits per heavy atom. The minimum absolute atomic E-state index is 0. The maximum absolute atomic E-state index is 7.32. The molecule has 0 radical (unpaired) electrons. The number of hydrogen-bond acceptors (Lipinski definition) is 1. The van der Waals surface area contributed by atoms with Gasteiger partial charge in [0, 0.05) is 6.92 Å². The van der Waals surface area contributed by atoms with Crippen LogP contribution in [0.3, 0.4) is 0 Å². The van der Waals surface area contributed by atoms with Gasteiger partial charge < -0.3 is 5.48 Å². The summed E-state index contributed by atoms with van der Waals surface area (Å²) in [4.78, 5) is 0. The molecular weight excluding hydrogens is 85.0 g/mol. The van der Waals surface area contributed by atoms with Gasteiger partial charge >= 0.3 is 0 Å². The van der Waals surface area contributed by atoms with E-state index in [0.29, 0.717) is 0 Å². The van der Waals surface area contributed by atoms with Crippen LogP contribution in [0.5, 0.6) is 0 Å². The molecule has 0 aromatic rings. The Labute approximate surface area is 34.7 Å². The maximum atomic E-state index is 7.32. The van der Waals surface area contributed by atoms with Gasteiger partial charge in [0.15, 0.2) is 0 Å². The molecule has 0 amide bonds. The van der Waals surface area contributed by atoms with E-state index in [9.17, 15) is 0 Å². The first kappa shape index (κ1) is 20.8. The Bertz CT molecular complexity index is 31.1. The lowest BCUT2D eigenvalue weighted by atomic mass is 11.0. The summed E-state index contributed by atoms with van der Waals surface area (Å²) >= 11 is 0. The van der Waals surface area contributed by atoms with Gasteiger partial charge in [0.1, 0.15) is 0 Å². The van der Waals surface area contributed by atoms with Crippen LogP contribution >= 0.6 is 9.90 Å². The van der Waals surface area contributed by atoms with E-state index in [1.54, 1.807) is 6.07 Å². The smallest absolute Gasteiger partial charge is 0.0587 e. The van der Waals surface area contributed by atoms with Crippen LogP contribution in [-0.2, 0) is 0 Å². The number of hydrogen-bond donors (Lipinski definition) is 0. The largest absolute Gasteiger partial charge is 0.412 e. The zero-order chi connectivity index (χ0) is 2.71. The van der Waals surface area contributed by atoms with E-state index in [2.05, 4.69) is 0 Å². The van der Waals surface area contributed by atoms with Gasteiger partial charge in [-0.2, -0.15) is 15.2 Å². The molecule has 32 valence electrons. The van der Waals surface area contributed by atoms with Crippen molar-refractivity contribution in [1.29, 1.82) is 5.26 Å². The summed E-state index contributed by atoms with van der Waals surface area (Å²) in [7, 11) is 0. The summed E-state index contributed by atoms with van der Waals surface area (Å²) in [5.74, 6) is 0. The zero-order valence-corrected chi connectivity index (χ0v) is 4.57. The van der Waals surface area contributed by atoms with E-state index in [4.69, 9.17) is 5.26 Å². The molecule has 1 unspecified atom stereocenters. The van der Waals surface area contributed by atoms with Crippen LogP contribution in [-0.4, -0.2) is 5.48 Å². The topological polar surface area (TPSA) is 55.3 Å². The molecule has 0 aliphatic heterocycles. The van der Waals surface area contributed by atoms with Crippen LogP contribution < -0.4 is 0 Å². The fourth-order valence-corrected chi connectivity index (χ4v) is 0. The number of nitriles is 1. The molecule has 0 spiro atoms. The van der Waals surface area contributed by atoms with Gasteiger partial charge in [-0.1, -0.05) is 0 Å². The van der Waals surface area contributed by atoms with Crippen LogP contribution in [0.15, 0.2) is 0 Å². The predicted molar refractivity (Wildman–Crippen MR) is 26.0 cm³/mol. The number of rotatable bonds is 0. The van der Waals surface area contributed by atoms with Crippen molar-refractivity contribution >= 4 is 9.90 Å². The highest BCUT2D eigenvalue weighted by Gasteiger charge is 1.17. The Kier molecular flexibility index (Phi) is 173. The van der Waals surface area contributed by atoms with Crippen molar-refractivity contribution in [2.45, 2.75) is 6.92 Å². The van der Waals surface area contributed by atoms with Gasteiger partial charge in [0.25, 0.3) is 0 Å². The summed E-state index contributed by atoms with van der Waals surface area (Å²) in [5.41, 5.74) is 0. The summed E-state index contributed by atoms with van der Waals surface area (Å²) < 4.78 is 0. The van der Waals surface area contributed by atoms with Gasteiger partial charge in [-0.05, 0) is 0 Å². The third-order valence-electron chi connectivity index (χ3n) is 0. The van der Waals surface area contributed by atoms with Gasteiger partial charge in [0.05, 0.1) is 6.07 Å². The first-order valence-corrected chi connectivity index (χ1v) is 0.724. The number of nitrogens with zero attached hydrogens (tertiary/aromatic N) is 1. The molecule has 0 aliphatic rings. The molecule has 0 saturated heterocycles. The van der Waals surface area contributed by atoms with Gasteiger partial charge in [-0.25, -0.2) is 0 Å². The van der Waals surface area contributed by atoms with Crippen molar-refractivity contribution in [3.05, 3.63) is 0 Å². The van der Waals surface area contributed by atoms with E-state index in [1.807, 2.05) is 0 Å². The Morgan fingerprint density at radius 1 is 1.60 bits per heavy atom. The van der Waals surface area contributed by atoms with E-state index in [0.717, 1.165) is 0 Å². The lowest BCUT2D eigenvalue weighted by molar-refractivity contribution is 0.824. The van der Waals surface area contributed by atoms with Gasteiger partial charge in [-0.3, -0.25) is 0 Å². The lowest BCUT2D eigenvalue weighted by Gasteiger charge is -1.15. The lowest BCUT2D eigenvalue weighted by Crippen LogP contribution is -1.10. The second-order valence-electron chi connectivity index (χ2n) is 0.224. The molecule has 2 N–H and O–H groups in total. The zero-order valence-electron chi connectivity index (χ0n) is 3.15. The molecule has 0 aliphatic carbocycles. The Hall–Kier alpha value is -0.120. The van der Waals surface area contributed by atoms with Crippen LogP contribution in [0, 0.1) is 11.3 Å². The first-order valence-electron chi connectivity index (χ1n) is 0.724. The van der Waals surface area contributed by atoms with Crippen molar-refractivity contribution in [2.24, 2.45) is 0 Å². The molecule has 5 heavy (non-hydrogen) atoms. The third kappa shape index (κ3) is 952. The summed E-state index contributed by atoms with van der Waals surface area (Å²) in [6, 6.07) is 1.75. The highest BCUT2D eigenvalue weighted by molar-refractivity contribution is 6.92. The highest BCUT2D eigenvalue weighted by Crippen LogP contribution is 1.21. The maximum Gasteiger partial charge on any atom is 0.0587 e. The Morgan fingerprint density at radius 3 is 1.60 bits per heavy atom. The van der Waals surface area contributed by atoms with Crippen LogP contribution in [0.4, 0.5) is 0 Å². The molecule has 3 heteroatoms. The molecule has 0 heterocycles. The SMILES string of the molecule is CC#N.O.P. The predicted octanol–water partition coefficient (Wildman–Crippen LogP) is -0.237. The molecule has 2 nitrogen and oxygen atoms in total. The molecule has 0 bridgehead atoms. The van der Waals surface area contributed by atoms with Crippen molar-refractivity contribution in [1.82, 2.24) is 0 Å². The van der Waals surface area contributed by atoms with Crippen LogP contribution in [0.2, 0.25) is 0 Å². The van der Waals surface area contributed by atoms with E-state index in [-0.39, 0.29) is 15.4 Å². The monoisotopic (exact) mass is 93.0 g/mol. The average molecular weight is 93.1 g/mol. The van der Waals surface area contributed by atoms with Crippen LogP contribution in [0.25, 0.3) is 0 Å². The molecule has 0 aromatic carbocycles. The average Bonchev–Trinajstić information content (AvgIpc) is 0.918. The van der Waals surface area contributed by atoms with Crippen LogP contribution in [0.1, 0.15) is 6.92 Å². The quantitative estimate of drug-likeness (QED) is 0.381. The molecule has 1 atom stereocenters. The summed E-state index contributed by atoms with van der Waals surface area (Å²) in [6.45, 7) is 1.43. The molecular formula is C2H8NOP. The molecule has 0 rings (SSSR count). The molecule has 0 saturated carbocycles. The van der Waals surface area contributed by atoms with Crippen molar-refractivity contribution < 1.29 is 5.48 Å². The summed E-state index contributed by atoms with van der Waals surface area (Å²) in [6.07, 6.45) is 0. The van der Waals surface area contributed by atoms with E-state index in [1.165, 1.54) is 6.92 Å². The van der Waals surface area contributed by atoms with Gasteiger partial charge in [0.2, 0.25) is 0 Å². The highest BCUT2D eigenvalue weighted by atomic mass is 31.0. The first-order chi connectivity index (χ1) is 1.41. The fraction of sp³-hybridized carbons (Fsp3) is 0.500. The second kappa shape index (κ2) is 41.6.